The van der Waals surface area contributed by atoms with Crippen LogP contribution in [-0.2, 0) is 0 Å². The molecule has 2 unspecified atom stereocenters. The van der Waals surface area contributed by atoms with Gasteiger partial charge in [0.2, 0.25) is 0 Å². The maximum absolute atomic E-state index is 14.0. The molecule has 0 heterocycles. The van der Waals surface area contributed by atoms with Gasteiger partial charge in [0, 0.05) is 13.1 Å². The number of urea groups is 1. The van der Waals surface area contributed by atoms with E-state index < -0.39 is 6.04 Å². The lowest BCUT2D eigenvalue weighted by Gasteiger charge is -2.27. The van der Waals surface area contributed by atoms with E-state index in [0.717, 1.165) is 0 Å². The van der Waals surface area contributed by atoms with Gasteiger partial charge >= 0.3 is 6.03 Å². The molecule has 0 spiro atoms. The molecule has 4 nitrogen and oxygen atoms in total. The number of carbonyl (C=O) groups excluding carboxylic acids is 1. The fraction of sp³-hybridized carbons (Fsp3) is 0.562. The first-order valence-corrected chi connectivity index (χ1v) is 7.31. The smallest absolute Gasteiger partial charge is 0.317 e. The Morgan fingerprint density at radius 2 is 2.10 bits per heavy atom. The number of nitrogens with one attached hydrogen (secondary N) is 1. The van der Waals surface area contributed by atoms with Gasteiger partial charge < -0.3 is 15.0 Å². The van der Waals surface area contributed by atoms with E-state index in [1.165, 1.54) is 26.0 Å². The summed E-state index contributed by atoms with van der Waals surface area (Å²) in [6.45, 7) is 3.81. The molecule has 1 aromatic rings. The minimum absolute atomic E-state index is 0.188. The van der Waals surface area contributed by atoms with Crippen molar-refractivity contribution in [3.05, 3.63) is 29.6 Å². The first kappa shape index (κ1) is 15.6. The van der Waals surface area contributed by atoms with Crippen molar-refractivity contribution in [3.63, 3.8) is 0 Å². The third kappa shape index (κ3) is 3.46. The molecule has 1 saturated carbocycles. The highest BCUT2D eigenvalue weighted by molar-refractivity contribution is 5.75. The fourth-order valence-electron chi connectivity index (χ4n) is 2.55. The normalized spacial score (nSPS) is 17.0. The summed E-state index contributed by atoms with van der Waals surface area (Å²) in [5, 5.41) is 2.84. The summed E-state index contributed by atoms with van der Waals surface area (Å²) in [6, 6.07) is 4.22. The van der Waals surface area contributed by atoms with Gasteiger partial charge in [0.25, 0.3) is 0 Å². The lowest BCUT2D eigenvalue weighted by atomic mass is 10.1. The van der Waals surface area contributed by atoms with Crippen molar-refractivity contribution in [2.45, 2.75) is 38.8 Å². The van der Waals surface area contributed by atoms with E-state index in [9.17, 15) is 9.18 Å². The van der Waals surface area contributed by atoms with Crippen LogP contribution in [0.3, 0.4) is 0 Å². The Morgan fingerprint density at radius 3 is 2.67 bits per heavy atom. The molecular weight excluding hydrogens is 271 g/mol. The SMILES string of the molecule is COc1cccc(F)c1C(C)NC(=O)N(C)C(C)C1CC1. The number of nitrogens with zero attached hydrogens (tertiary/aromatic N) is 1. The van der Waals surface area contributed by atoms with Gasteiger partial charge in [0.15, 0.2) is 0 Å². The predicted octanol–water partition coefficient (Wildman–Crippen LogP) is 3.34. The molecule has 21 heavy (non-hydrogen) atoms. The Morgan fingerprint density at radius 1 is 1.43 bits per heavy atom. The van der Waals surface area contributed by atoms with Crippen LogP contribution in [0, 0.1) is 11.7 Å². The molecule has 1 aromatic carbocycles. The van der Waals surface area contributed by atoms with Crippen molar-refractivity contribution in [2.75, 3.05) is 14.2 Å². The molecule has 1 fully saturated rings. The number of benzene rings is 1. The molecule has 0 bridgehead atoms. The summed E-state index contributed by atoms with van der Waals surface area (Å²) in [5.41, 5.74) is 0.376. The topological polar surface area (TPSA) is 41.6 Å². The maximum atomic E-state index is 14.0. The molecule has 1 aliphatic carbocycles. The molecule has 0 aliphatic heterocycles. The van der Waals surface area contributed by atoms with E-state index in [4.69, 9.17) is 4.74 Å². The zero-order valence-corrected chi connectivity index (χ0v) is 13.0. The third-order valence-corrected chi connectivity index (χ3v) is 4.24. The summed E-state index contributed by atoms with van der Waals surface area (Å²) < 4.78 is 19.2. The van der Waals surface area contributed by atoms with E-state index in [1.807, 2.05) is 6.92 Å². The molecule has 1 aliphatic rings. The second-order valence-electron chi connectivity index (χ2n) is 5.72. The van der Waals surface area contributed by atoms with Gasteiger partial charge in [0.1, 0.15) is 11.6 Å². The lowest BCUT2D eigenvalue weighted by Crippen LogP contribution is -2.44. The van der Waals surface area contributed by atoms with E-state index in [0.29, 0.717) is 17.2 Å². The highest BCUT2D eigenvalue weighted by Gasteiger charge is 2.33. The average molecular weight is 294 g/mol. The Balaban J connectivity index is 2.07. The van der Waals surface area contributed by atoms with Gasteiger partial charge in [-0.05, 0) is 44.7 Å². The van der Waals surface area contributed by atoms with Crippen molar-refractivity contribution in [3.8, 4) is 5.75 Å². The van der Waals surface area contributed by atoms with Crippen LogP contribution in [0.25, 0.3) is 0 Å². The largest absolute Gasteiger partial charge is 0.496 e. The van der Waals surface area contributed by atoms with Crippen LogP contribution < -0.4 is 10.1 Å². The van der Waals surface area contributed by atoms with Crippen LogP contribution in [-0.4, -0.2) is 31.1 Å². The number of halogens is 1. The van der Waals surface area contributed by atoms with Gasteiger partial charge in [-0.1, -0.05) is 6.07 Å². The zero-order valence-electron chi connectivity index (χ0n) is 13.0. The molecule has 0 aromatic heterocycles. The second-order valence-corrected chi connectivity index (χ2v) is 5.72. The number of hydrogen-bond donors (Lipinski definition) is 1. The lowest BCUT2D eigenvalue weighted by molar-refractivity contribution is 0.184. The number of amides is 2. The van der Waals surface area contributed by atoms with Crippen LogP contribution >= 0.6 is 0 Å². The molecule has 0 radical (unpaired) electrons. The second kappa shape index (κ2) is 6.33. The summed E-state index contributed by atoms with van der Waals surface area (Å²) >= 11 is 0. The number of methoxy groups -OCH3 is 1. The zero-order chi connectivity index (χ0) is 15.6. The predicted molar refractivity (Wildman–Crippen MR) is 79.8 cm³/mol. The molecule has 116 valence electrons. The van der Waals surface area contributed by atoms with Crippen molar-refractivity contribution in [2.24, 2.45) is 5.92 Å². The van der Waals surface area contributed by atoms with Crippen LogP contribution in [0.1, 0.15) is 38.3 Å². The Bertz CT molecular complexity index is 517. The standard InChI is InChI=1S/C16H23FN2O2/c1-10(15-13(17)6-5-7-14(15)21-4)18-16(20)19(3)11(2)12-8-9-12/h5-7,10-12H,8-9H2,1-4H3,(H,18,20). The average Bonchev–Trinajstić information content (AvgIpc) is 3.29. The van der Waals surface area contributed by atoms with Crippen LogP contribution in [0.5, 0.6) is 5.75 Å². The van der Waals surface area contributed by atoms with Gasteiger partial charge in [0.05, 0.1) is 18.7 Å². The summed E-state index contributed by atoms with van der Waals surface area (Å²) in [7, 11) is 3.28. The van der Waals surface area contributed by atoms with E-state index in [1.54, 1.807) is 31.0 Å². The first-order valence-electron chi connectivity index (χ1n) is 7.31. The minimum Gasteiger partial charge on any atom is -0.496 e. The van der Waals surface area contributed by atoms with Crippen LogP contribution in [0.2, 0.25) is 0 Å². The van der Waals surface area contributed by atoms with Crippen molar-refractivity contribution in [1.82, 2.24) is 10.2 Å². The minimum atomic E-state index is -0.456. The molecular formula is C16H23FN2O2. The molecule has 5 heteroatoms. The van der Waals surface area contributed by atoms with E-state index in [-0.39, 0.29) is 17.9 Å². The van der Waals surface area contributed by atoms with E-state index in [2.05, 4.69) is 5.32 Å². The maximum Gasteiger partial charge on any atom is 0.317 e. The Labute approximate surface area is 125 Å². The van der Waals surface area contributed by atoms with Crippen molar-refractivity contribution >= 4 is 6.03 Å². The monoisotopic (exact) mass is 294 g/mol. The highest BCUT2D eigenvalue weighted by Crippen LogP contribution is 2.35. The van der Waals surface area contributed by atoms with Gasteiger partial charge in [-0.3, -0.25) is 0 Å². The Kier molecular flexibility index (Phi) is 4.70. The molecule has 2 rings (SSSR count). The molecule has 0 saturated heterocycles. The van der Waals surface area contributed by atoms with Gasteiger partial charge in [-0.2, -0.15) is 0 Å². The summed E-state index contributed by atoms with van der Waals surface area (Å²) in [5.74, 6) is 0.666. The molecule has 2 atom stereocenters. The fourth-order valence-corrected chi connectivity index (χ4v) is 2.55. The van der Waals surface area contributed by atoms with Gasteiger partial charge in [-0.15, -0.1) is 0 Å². The van der Waals surface area contributed by atoms with Gasteiger partial charge in [-0.25, -0.2) is 9.18 Å². The number of carbonyl (C=O) groups is 1. The highest BCUT2D eigenvalue weighted by atomic mass is 19.1. The molecule has 2 amide bonds. The number of rotatable bonds is 5. The number of hydrogen-bond acceptors (Lipinski definition) is 2. The Hall–Kier alpha value is -1.78. The van der Waals surface area contributed by atoms with Crippen LogP contribution in [0.15, 0.2) is 18.2 Å². The molecule has 1 N–H and O–H groups in total. The quantitative estimate of drug-likeness (QED) is 0.905. The first-order chi connectivity index (χ1) is 9.95. The van der Waals surface area contributed by atoms with Crippen molar-refractivity contribution in [1.29, 1.82) is 0 Å². The van der Waals surface area contributed by atoms with Crippen molar-refractivity contribution < 1.29 is 13.9 Å². The van der Waals surface area contributed by atoms with Crippen LogP contribution in [0.4, 0.5) is 9.18 Å². The summed E-state index contributed by atoms with van der Waals surface area (Å²) in [6.07, 6.45) is 2.35. The number of ether oxygens (including phenoxy) is 1. The van der Waals surface area contributed by atoms with E-state index >= 15 is 0 Å². The third-order valence-electron chi connectivity index (χ3n) is 4.24. The summed E-state index contributed by atoms with van der Waals surface area (Å²) in [4.78, 5) is 14.0.